The highest BCUT2D eigenvalue weighted by Gasteiger charge is 2.50. The average Bonchev–Trinajstić information content (AvgIpc) is 2.68. The van der Waals surface area contributed by atoms with Gasteiger partial charge in [0.05, 0.1) is 5.92 Å². The minimum Gasteiger partial charge on any atom is -0.381 e. The van der Waals surface area contributed by atoms with Crippen molar-refractivity contribution in [2.45, 2.75) is 26.2 Å². The van der Waals surface area contributed by atoms with E-state index in [-0.39, 0.29) is 23.1 Å². The molecule has 2 amide bonds. The molecule has 0 saturated carbocycles. The van der Waals surface area contributed by atoms with Gasteiger partial charge in [-0.05, 0) is 12.8 Å². The van der Waals surface area contributed by atoms with Gasteiger partial charge >= 0.3 is 0 Å². The third kappa shape index (κ3) is 2.16. The lowest BCUT2D eigenvalue weighted by molar-refractivity contribution is -0.130. The fourth-order valence-corrected chi connectivity index (χ4v) is 3.06. The summed E-state index contributed by atoms with van der Waals surface area (Å²) in [5.41, 5.74) is 5.36. The van der Waals surface area contributed by atoms with Gasteiger partial charge in [-0.2, -0.15) is 0 Å². The molecule has 2 saturated heterocycles. The minimum atomic E-state index is -0.279. The quantitative estimate of drug-likeness (QED) is 0.746. The maximum absolute atomic E-state index is 11.8. The molecule has 0 aliphatic carbocycles. The number of carbonyl (C=O) groups is 2. The zero-order chi connectivity index (χ0) is 12.5. The van der Waals surface area contributed by atoms with Gasteiger partial charge in [-0.15, -0.1) is 0 Å². The predicted molar refractivity (Wildman–Crippen MR) is 62.0 cm³/mol. The Hall–Kier alpha value is -1.10. The molecular weight excluding hydrogens is 220 g/mol. The molecule has 1 spiro atoms. The number of amides is 2. The van der Waals surface area contributed by atoms with Gasteiger partial charge in [-0.1, -0.05) is 6.92 Å². The van der Waals surface area contributed by atoms with Crippen LogP contribution in [0.2, 0.25) is 0 Å². The van der Waals surface area contributed by atoms with E-state index in [1.165, 1.54) is 0 Å². The van der Waals surface area contributed by atoms with Crippen molar-refractivity contribution in [2.24, 2.45) is 17.1 Å². The third-order valence-electron chi connectivity index (χ3n) is 4.14. The van der Waals surface area contributed by atoms with Crippen molar-refractivity contribution in [3.05, 3.63) is 0 Å². The van der Waals surface area contributed by atoms with E-state index in [0.29, 0.717) is 32.7 Å². The molecule has 2 aliphatic rings. The zero-order valence-corrected chi connectivity index (χ0v) is 10.3. The summed E-state index contributed by atoms with van der Waals surface area (Å²) in [7, 11) is 0. The smallest absolute Gasteiger partial charge is 0.222 e. The van der Waals surface area contributed by atoms with E-state index in [1.807, 2.05) is 6.92 Å². The van der Waals surface area contributed by atoms with Crippen LogP contribution in [0, 0.1) is 11.3 Å². The van der Waals surface area contributed by atoms with Gasteiger partial charge in [0, 0.05) is 38.1 Å². The predicted octanol–water partition coefficient (Wildman–Crippen LogP) is 0.137. The van der Waals surface area contributed by atoms with Gasteiger partial charge < -0.3 is 15.4 Å². The van der Waals surface area contributed by atoms with Gasteiger partial charge in [-0.25, -0.2) is 0 Å². The van der Waals surface area contributed by atoms with E-state index in [2.05, 4.69) is 0 Å². The molecule has 0 aromatic heterocycles. The molecule has 2 heterocycles. The summed E-state index contributed by atoms with van der Waals surface area (Å²) < 4.78 is 5.35. The molecule has 5 nitrogen and oxygen atoms in total. The molecule has 0 aromatic rings. The Labute approximate surface area is 101 Å². The van der Waals surface area contributed by atoms with Crippen LogP contribution in [0.25, 0.3) is 0 Å². The number of nitrogens with zero attached hydrogens (tertiary/aromatic N) is 1. The highest BCUT2D eigenvalue weighted by atomic mass is 16.5. The lowest BCUT2D eigenvalue weighted by atomic mass is 9.72. The van der Waals surface area contributed by atoms with Gasteiger partial charge in [0.15, 0.2) is 0 Å². The van der Waals surface area contributed by atoms with Crippen LogP contribution in [0.1, 0.15) is 26.2 Å². The van der Waals surface area contributed by atoms with Crippen LogP contribution in [0.4, 0.5) is 0 Å². The summed E-state index contributed by atoms with van der Waals surface area (Å²) >= 11 is 0. The fraction of sp³-hybridized carbons (Fsp3) is 0.833. The van der Waals surface area contributed by atoms with Crippen molar-refractivity contribution >= 4 is 11.8 Å². The molecule has 0 radical (unpaired) electrons. The Bertz CT molecular complexity index is 324. The SMILES string of the molecule is CCC(=O)N1CC(C(N)=O)C2(CCOCC2)C1. The van der Waals surface area contributed by atoms with E-state index in [9.17, 15) is 9.59 Å². The first kappa shape index (κ1) is 12.4. The highest BCUT2D eigenvalue weighted by molar-refractivity contribution is 5.82. The summed E-state index contributed by atoms with van der Waals surface area (Å²) in [6.45, 7) is 4.32. The second-order valence-electron chi connectivity index (χ2n) is 5.06. The topological polar surface area (TPSA) is 72.6 Å². The van der Waals surface area contributed by atoms with E-state index < -0.39 is 0 Å². The Morgan fingerprint density at radius 1 is 1.41 bits per heavy atom. The van der Waals surface area contributed by atoms with Crippen molar-refractivity contribution in [2.75, 3.05) is 26.3 Å². The third-order valence-corrected chi connectivity index (χ3v) is 4.14. The molecule has 0 bridgehead atoms. The maximum atomic E-state index is 11.8. The molecular formula is C12H20N2O3. The Morgan fingerprint density at radius 2 is 2.06 bits per heavy atom. The first-order valence-electron chi connectivity index (χ1n) is 6.24. The van der Waals surface area contributed by atoms with Gasteiger partial charge in [0.25, 0.3) is 0 Å². The van der Waals surface area contributed by atoms with E-state index in [4.69, 9.17) is 10.5 Å². The van der Waals surface area contributed by atoms with Gasteiger partial charge in [0.2, 0.25) is 11.8 Å². The number of primary amides is 1. The van der Waals surface area contributed by atoms with E-state index in [1.54, 1.807) is 4.90 Å². The van der Waals surface area contributed by atoms with Crippen molar-refractivity contribution < 1.29 is 14.3 Å². The molecule has 17 heavy (non-hydrogen) atoms. The number of ether oxygens (including phenoxy) is 1. The fourth-order valence-electron chi connectivity index (χ4n) is 3.06. The van der Waals surface area contributed by atoms with E-state index in [0.717, 1.165) is 12.8 Å². The number of hydrogen-bond acceptors (Lipinski definition) is 3. The summed E-state index contributed by atoms with van der Waals surface area (Å²) in [6, 6.07) is 0. The Morgan fingerprint density at radius 3 is 2.59 bits per heavy atom. The summed E-state index contributed by atoms with van der Waals surface area (Å²) in [4.78, 5) is 25.1. The number of carbonyl (C=O) groups excluding carboxylic acids is 2. The Kier molecular flexibility index (Phi) is 3.38. The molecule has 0 aromatic carbocycles. The number of nitrogens with two attached hydrogens (primary N) is 1. The zero-order valence-electron chi connectivity index (χ0n) is 10.3. The molecule has 96 valence electrons. The summed E-state index contributed by atoms with van der Waals surface area (Å²) in [5.74, 6) is -0.375. The van der Waals surface area contributed by atoms with Crippen LogP contribution in [-0.4, -0.2) is 43.0 Å². The van der Waals surface area contributed by atoms with Crippen molar-refractivity contribution in [1.29, 1.82) is 0 Å². The first-order valence-corrected chi connectivity index (χ1v) is 6.24. The van der Waals surface area contributed by atoms with Crippen molar-refractivity contribution in [1.82, 2.24) is 4.90 Å². The van der Waals surface area contributed by atoms with Crippen molar-refractivity contribution in [3.8, 4) is 0 Å². The van der Waals surface area contributed by atoms with Crippen LogP contribution in [0.3, 0.4) is 0 Å². The molecule has 1 unspecified atom stereocenters. The molecule has 1 atom stereocenters. The summed E-state index contributed by atoms with van der Waals surface area (Å²) in [5, 5.41) is 0. The van der Waals surface area contributed by atoms with Gasteiger partial charge in [0.1, 0.15) is 0 Å². The van der Waals surface area contributed by atoms with Gasteiger partial charge in [-0.3, -0.25) is 9.59 Å². The maximum Gasteiger partial charge on any atom is 0.222 e. The van der Waals surface area contributed by atoms with Crippen LogP contribution in [0.15, 0.2) is 0 Å². The number of likely N-dealkylation sites (tertiary alicyclic amines) is 1. The van der Waals surface area contributed by atoms with Crippen molar-refractivity contribution in [3.63, 3.8) is 0 Å². The molecule has 2 fully saturated rings. The summed E-state index contributed by atoms with van der Waals surface area (Å²) in [6.07, 6.45) is 2.14. The van der Waals surface area contributed by atoms with Crippen LogP contribution < -0.4 is 5.73 Å². The lowest BCUT2D eigenvalue weighted by Gasteiger charge is -2.36. The molecule has 2 rings (SSSR count). The average molecular weight is 240 g/mol. The normalized spacial score (nSPS) is 27.4. The number of hydrogen-bond donors (Lipinski definition) is 1. The standard InChI is InChI=1S/C12H20N2O3/c1-2-10(15)14-7-9(11(13)16)12(8-14)3-5-17-6-4-12/h9H,2-8H2,1H3,(H2,13,16). The second kappa shape index (κ2) is 4.64. The number of rotatable bonds is 2. The van der Waals surface area contributed by atoms with Crippen LogP contribution in [0.5, 0.6) is 0 Å². The minimum absolute atomic E-state index is 0.111. The highest BCUT2D eigenvalue weighted by Crippen LogP contribution is 2.44. The van der Waals surface area contributed by atoms with Crippen LogP contribution >= 0.6 is 0 Å². The van der Waals surface area contributed by atoms with E-state index >= 15 is 0 Å². The largest absolute Gasteiger partial charge is 0.381 e. The second-order valence-corrected chi connectivity index (χ2v) is 5.06. The molecule has 2 aliphatic heterocycles. The molecule has 2 N–H and O–H groups in total. The monoisotopic (exact) mass is 240 g/mol. The lowest BCUT2D eigenvalue weighted by Crippen LogP contribution is -2.42. The first-order chi connectivity index (χ1) is 8.09. The Balaban J connectivity index is 2.18. The van der Waals surface area contributed by atoms with Crippen LogP contribution in [-0.2, 0) is 14.3 Å². The molecule has 5 heteroatoms.